The predicted molar refractivity (Wildman–Crippen MR) is 124 cm³/mol. The van der Waals surface area contributed by atoms with Gasteiger partial charge in [-0.15, -0.1) is 0 Å². The Morgan fingerprint density at radius 2 is 1.91 bits per heavy atom. The number of nitrogens with zero attached hydrogens (tertiary/aromatic N) is 4. The molecule has 3 aliphatic rings. The Kier molecular flexibility index (Phi) is 4.72. The van der Waals surface area contributed by atoms with Crippen LogP contribution in [0.15, 0.2) is 41.5 Å². The number of hydrogen-bond donors (Lipinski definition) is 1. The molecule has 35 heavy (non-hydrogen) atoms. The van der Waals surface area contributed by atoms with Crippen molar-refractivity contribution in [2.75, 3.05) is 6.54 Å². The molecule has 0 saturated heterocycles. The summed E-state index contributed by atoms with van der Waals surface area (Å²) in [5.74, 6) is -1.42. The van der Waals surface area contributed by atoms with Crippen LogP contribution in [0.1, 0.15) is 67.2 Å². The zero-order valence-corrected chi connectivity index (χ0v) is 19.5. The fourth-order valence-electron chi connectivity index (χ4n) is 6.29. The summed E-state index contributed by atoms with van der Waals surface area (Å²) >= 11 is 0. The number of nitrogens with one attached hydrogen (secondary N) is 1. The van der Waals surface area contributed by atoms with Gasteiger partial charge < -0.3 is 9.88 Å². The van der Waals surface area contributed by atoms with E-state index in [4.69, 9.17) is 0 Å². The van der Waals surface area contributed by atoms with E-state index in [1.807, 2.05) is 4.90 Å². The van der Waals surface area contributed by atoms with Gasteiger partial charge in [0.2, 0.25) is 0 Å². The first-order valence-electron chi connectivity index (χ1n) is 11.9. The smallest absolute Gasteiger partial charge is 0.274 e. The van der Waals surface area contributed by atoms with Gasteiger partial charge in [-0.05, 0) is 60.8 Å². The highest BCUT2D eigenvalue weighted by molar-refractivity contribution is 5.92. The third-order valence-corrected chi connectivity index (χ3v) is 8.42. The number of amides is 1. The number of fused-ring (bicyclic) bond motifs is 5. The minimum Gasteiger partial charge on any atom is -0.333 e. The first-order chi connectivity index (χ1) is 16.7. The molecule has 1 aromatic carbocycles. The second kappa shape index (κ2) is 7.50. The Labute approximate surface area is 200 Å². The molecular weight excluding hydrogens is 452 g/mol. The lowest BCUT2D eigenvalue weighted by Crippen LogP contribution is -2.49. The Bertz CT molecular complexity index is 1380. The van der Waals surface area contributed by atoms with Gasteiger partial charge in [0.05, 0.1) is 23.1 Å². The van der Waals surface area contributed by atoms with Gasteiger partial charge in [0.25, 0.3) is 11.5 Å². The summed E-state index contributed by atoms with van der Waals surface area (Å²) in [5.41, 5.74) is 0.956. The van der Waals surface area contributed by atoms with Crippen molar-refractivity contribution in [1.82, 2.24) is 25.1 Å². The van der Waals surface area contributed by atoms with Crippen LogP contribution in [-0.4, -0.2) is 43.6 Å². The standard InChI is InChI=1S/C26H25F2N5O2/c1-25(2)16-8-9-26(25,13-33(14-6-7-14)24(35)20-11-30-21(34)12-29-20)23-15(16)10-19(31-32-23)22-17(27)4-3-5-18(22)28/h3-5,10-12,14,16H,6-9,13H2,1-2H3,(H,30,34)/t16-,26-/m0/s1. The van der Waals surface area contributed by atoms with Crippen molar-refractivity contribution in [2.24, 2.45) is 5.41 Å². The maximum Gasteiger partial charge on any atom is 0.274 e. The highest BCUT2D eigenvalue weighted by Crippen LogP contribution is 2.67. The van der Waals surface area contributed by atoms with Crippen molar-refractivity contribution in [3.63, 3.8) is 0 Å². The zero-order chi connectivity index (χ0) is 24.5. The Hall–Kier alpha value is -3.49. The average Bonchev–Trinajstić information content (AvgIpc) is 3.61. The summed E-state index contributed by atoms with van der Waals surface area (Å²) in [6.45, 7) is 4.82. The summed E-state index contributed by atoms with van der Waals surface area (Å²) in [5, 5.41) is 8.83. The Morgan fingerprint density at radius 3 is 2.57 bits per heavy atom. The number of carbonyl (C=O) groups excluding carboxylic acids is 1. The van der Waals surface area contributed by atoms with Gasteiger partial charge in [0, 0.05) is 24.2 Å². The van der Waals surface area contributed by atoms with Crippen LogP contribution in [0.2, 0.25) is 0 Å². The average molecular weight is 478 g/mol. The van der Waals surface area contributed by atoms with Crippen LogP contribution in [0, 0.1) is 17.0 Å². The Balaban J connectivity index is 1.41. The van der Waals surface area contributed by atoms with E-state index in [2.05, 4.69) is 34.0 Å². The quantitative estimate of drug-likeness (QED) is 0.601. The van der Waals surface area contributed by atoms with Crippen LogP contribution in [0.4, 0.5) is 8.78 Å². The molecule has 1 N–H and O–H groups in total. The molecule has 2 bridgehead atoms. The number of aromatic nitrogens is 4. The molecule has 180 valence electrons. The van der Waals surface area contributed by atoms with Crippen LogP contribution in [-0.2, 0) is 5.41 Å². The molecule has 2 saturated carbocycles. The van der Waals surface area contributed by atoms with Crippen molar-refractivity contribution in [1.29, 1.82) is 0 Å². The second-order valence-electron chi connectivity index (χ2n) is 10.5. The topological polar surface area (TPSA) is 91.8 Å². The van der Waals surface area contributed by atoms with Gasteiger partial charge in [0.15, 0.2) is 0 Å². The first-order valence-corrected chi connectivity index (χ1v) is 11.9. The zero-order valence-electron chi connectivity index (χ0n) is 19.5. The summed E-state index contributed by atoms with van der Waals surface area (Å²) in [6, 6.07) is 5.66. The third kappa shape index (κ3) is 3.17. The monoisotopic (exact) mass is 477 g/mol. The number of carbonyl (C=O) groups is 1. The fourth-order valence-corrected chi connectivity index (χ4v) is 6.29. The van der Waals surface area contributed by atoms with E-state index in [1.165, 1.54) is 24.4 Å². The molecule has 2 atom stereocenters. The molecule has 0 unspecified atom stereocenters. The van der Waals surface area contributed by atoms with Crippen LogP contribution >= 0.6 is 0 Å². The lowest BCUT2D eigenvalue weighted by Gasteiger charge is -2.41. The predicted octanol–water partition coefficient (Wildman–Crippen LogP) is 3.96. The van der Waals surface area contributed by atoms with Gasteiger partial charge in [-0.2, -0.15) is 10.2 Å². The number of H-pyrrole nitrogens is 1. The van der Waals surface area contributed by atoms with Crippen LogP contribution in [0.3, 0.4) is 0 Å². The normalized spacial score (nSPS) is 23.8. The lowest BCUT2D eigenvalue weighted by molar-refractivity contribution is 0.0615. The van der Waals surface area contributed by atoms with Crippen molar-refractivity contribution in [3.05, 3.63) is 75.6 Å². The molecule has 3 aliphatic carbocycles. The highest BCUT2D eigenvalue weighted by atomic mass is 19.1. The molecule has 3 aromatic rings. The summed E-state index contributed by atoms with van der Waals surface area (Å²) in [4.78, 5) is 33.3. The summed E-state index contributed by atoms with van der Waals surface area (Å²) in [6.07, 6.45) is 6.05. The first kappa shape index (κ1) is 22.0. The van der Waals surface area contributed by atoms with Crippen molar-refractivity contribution >= 4 is 5.91 Å². The van der Waals surface area contributed by atoms with Gasteiger partial charge >= 0.3 is 0 Å². The lowest BCUT2D eigenvalue weighted by atomic mass is 9.68. The highest BCUT2D eigenvalue weighted by Gasteiger charge is 2.64. The van der Waals surface area contributed by atoms with E-state index in [0.29, 0.717) is 6.54 Å². The van der Waals surface area contributed by atoms with Crippen LogP contribution in [0.5, 0.6) is 0 Å². The number of hydrogen-bond acceptors (Lipinski definition) is 5. The fraction of sp³-hybridized carbons (Fsp3) is 0.423. The number of benzene rings is 1. The molecule has 7 nitrogen and oxygen atoms in total. The summed E-state index contributed by atoms with van der Waals surface area (Å²) < 4.78 is 28.9. The van der Waals surface area contributed by atoms with E-state index in [0.717, 1.165) is 43.1 Å². The van der Waals surface area contributed by atoms with E-state index < -0.39 is 17.0 Å². The maximum atomic E-state index is 14.5. The maximum absolute atomic E-state index is 14.5. The molecule has 9 heteroatoms. The van der Waals surface area contributed by atoms with Crippen LogP contribution in [0.25, 0.3) is 11.3 Å². The molecule has 2 aromatic heterocycles. The van der Waals surface area contributed by atoms with E-state index in [9.17, 15) is 18.4 Å². The minimum atomic E-state index is -0.671. The van der Waals surface area contributed by atoms with Gasteiger partial charge in [-0.25, -0.2) is 13.8 Å². The van der Waals surface area contributed by atoms with Gasteiger partial charge in [0.1, 0.15) is 17.3 Å². The van der Waals surface area contributed by atoms with Crippen molar-refractivity contribution in [2.45, 2.75) is 56.9 Å². The molecular formula is C26H25F2N5O2. The molecule has 0 aliphatic heterocycles. The van der Waals surface area contributed by atoms with Crippen LogP contribution < -0.4 is 5.56 Å². The molecule has 1 amide bonds. The molecule has 6 rings (SSSR count). The molecule has 0 radical (unpaired) electrons. The SMILES string of the molecule is CC1(C)[C@H]2CC[C@]1(CN(C(=O)c1c[nH]c(=O)cn1)C1CC1)c1nnc(-c3c(F)cccc3F)cc12. The summed E-state index contributed by atoms with van der Waals surface area (Å²) in [7, 11) is 0. The van der Waals surface area contributed by atoms with Crippen molar-refractivity contribution < 1.29 is 13.6 Å². The molecule has 2 fully saturated rings. The van der Waals surface area contributed by atoms with E-state index in [1.54, 1.807) is 6.07 Å². The largest absolute Gasteiger partial charge is 0.333 e. The van der Waals surface area contributed by atoms with Gasteiger partial charge in [-0.3, -0.25) is 9.59 Å². The second-order valence-corrected chi connectivity index (χ2v) is 10.5. The number of halogens is 2. The van der Waals surface area contributed by atoms with Gasteiger partial charge in [-0.1, -0.05) is 19.9 Å². The Morgan fingerprint density at radius 1 is 1.17 bits per heavy atom. The molecule has 0 spiro atoms. The van der Waals surface area contributed by atoms with E-state index in [-0.39, 0.29) is 45.8 Å². The molecule has 2 heterocycles. The van der Waals surface area contributed by atoms with Crippen molar-refractivity contribution in [3.8, 4) is 11.3 Å². The number of rotatable bonds is 5. The minimum absolute atomic E-state index is 0.115. The van der Waals surface area contributed by atoms with E-state index >= 15 is 0 Å². The number of aromatic amines is 1. The third-order valence-electron chi connectivity index (χ3n) is 8.42.